The van der Waals surface area contributed by atoms with Crippen molar-refractivity contribution in [2.75, 3.05) is 40.3 Å². The Hall–Kier alpha value is -2.12. The van der Waals surface area contributed by atoms with Crippen LogP contribution < -0.4 is 10.6 Å². The quantitative estimate of drug-likeness (QED) is 0.107. The van der Waals surface area contributed by atoms with E-state index in [0.29, 0.717) is 12.8 Å². The Kier molecular flexibility index (Phi) is 20.9. The minimum Gasteiger partial charge on any atom is -0.346 e. The molecule has 2 N–H and O–H groups in total. The van der Waals surface area contributed by atoms with Crippen LogP contribution in [0.3, 0.4) is 0 Å². The van der Waals surface area contributed by atoms with Crippen LogP contribution in [0.4, 0.5) is 0 Å². The molecule has 0 heterocycles. The molecule has 2 aromatic rings. The first-order chi connectivity index (χ1) is 21.4. The molecule has 0 atom stereocenters. The van der Waals surface area contributed by atoms with E-state index in [1.807, 2.05) is 72.4 Å². The lowest BCUT2D eigenvalue weighted by molar-refractivity contribution is -0.130. The number of halogens is 2. The molecule has 0 bridgehead atoms. The summed E-state index contributed by atoms with van der Waals surface area (Å²) in [6, 6.07) is 15.8. The van der Waals surface area contributed by atoms with E-state index < -0.39 is 0 Å². The summed E-state index contributed by atoms with van der Waals surface area (Å²) in [6.07, 6.45) is 14.2. The summed E-state index contributed by atoms with van der Waals surface area (Å²) in [5.74, 6) is 0.513. The van der Waals surface area contributed by atoms with Gasteiger partial charge in [-0.3, -0.25) is 9.59 Å². The Morgan fingerprint density at radius 3 is 1.32 bits per heavy atom. The van der Waals surface area contributed by atoms with Crippen LogP contribution in [0, 0.1) is 0 Å². The molecule has 8 heteroatoms. The van der Waals surface area contributed by atoms with Gasteiger partial charge in [-0.2, -0.15) is 0 Å². The van der Waals surface area contributed by atoms with Crippen molar-refractivity contribution in [1.82, 2.24) is 20.4 Å². The van der Waals surface area contributed by atoms with Gasteiger partial charge in [-0.05, 0) is 74.9 Å². The molecule has 0 aromatic heterocycles. The molecule has 0 unspecified atom stereocenters. The van der Waals surface area contributed by atoms with Crippen molar-refractivity contribution >= 4 is 35.0 Å². The van der Waals surface area contributed by atoms with Crippen LogP contribution in [0.1, 0.15) is 101 Å². The Bertz CT molecular complexity index is 984. The number of hydrogen-bond donors (Lipinski definition) is 2. The number of carbonyl (C=O) groups excluding carboxylic acids is 2. The number of unbranched alkanes of at least 4 members (excludes halogenated alkanes) is 9. The Balaban J connectivity index is 1.34. The SMILES string of the molecule is CN(CCCCCCCCN(C)C(=O)CCCCCNCc1ccccc1Cl)C(=O)CCCCCNCc1ccccc1Cl. The third-order valence-electron chi connectivity index (χ3n) is 8.12. The lowest BCUT2D eigenvalue weighted by Crippen LogP contribution is -2.27. The predicted molar refractivity (Wildman–Crippen MR) is 186 cm³/mol. The molecule has 0 saturated heterocycles. The number of hydrogen-bond acceptors (Lipinski definition) is 4. The molecule has 6 nitrogen and oxygen atoms in total. The summed E-state index contributed by atoms with van der Waals surface area (Å²) in [5.41, 5.74) is 2.25. The molecule has 2 rings (SSSR count). The normalized spacial score (nSPS) is 11.1. The summed E-state index contributed by atoms with van der Waals surface area (Å²) >= 11 is 12.4. The number of benzene rings is 2. The van der Waals surface area contributed by atoms with Crippen molar-refractivity contribution in [2.45, 2.75) is 103 Å². The lowest BCUT2D eigenvalue weighted by atomic mass is 10.1. The number of nitrogens with zero attached hydrogens (tertiary/aromatic N) is 2. The highest BCUT2D eigenvalue weighted by molar-refractivity contribution is 6.31. The standard InChI is InChI=1S/C36H56Cl2N4O2/c1-41(35(43)23-9-7-15-25-39-29-31-19-11-13-21-33(31)37)27-17-5-3-4-6-18-28-42(2)36(44)24-10-8-16-26-40-30-32-20-12-14-22-34(32)38/h11-14,19-22,39-40H,3-10,15-18,23-30H2,1-2H3. The number of carbonyl (C=O) groups is 2. The molecule has 44 heavy (non-hydrogen) atoms. The minimum absolute atomic E-state index is 0.256. The van der Waals surface area contributed by atoms with Gasteiger partial charge in [-0.15, -0.1) is 0 Å². The fourth-order valence-corrected chi connectivity index (χ4v) is 5.58. The van der Waals surface area contributed by atoms with Crippen molar-refractivity contribution in [3.8, 4) is 0 Å². The largest absolute Gasteiger partial charge is 0.346 e. The van der Waals surface area contributed by atoms with Crippen molar-refractivity contribution in [3.05, 3.63) is 69.7 Å². The van der Waals surface area contributed by atoms with Crippen LogP contribution in [0.15, 0.2) is 48.5 Å². The van der Waals surface area contributed by atoms with E-state index in [1.165, 1.54) is 12.8 Å². The maximum absolute atomic E-state index is 12.4. The van der Waals surface area contributed by atoms with Gasteiger partial charge < -0.3 is 20.4 Å². The van der Waals surface area contributed by atoms with E-state index in [4.69, 9.17) is 23.2 Å². The van der Waals surface area contributed by atoms with Crippen molar-refractivity contribution in [1.29, 1.82) is 0 Å². The molecule has 0 saturated carbocycles. The second kappa shape index (κ2) is 24.2. The van der Waals surface area contributed by atoms with Crippen molar-refractivity contribution < 1.29 is 9.59 Å². The van der Waals surface area contributed by atoms with Crippen molar-refractivity contribution in [3.63, 3.8) is 0 Å². The van der Waals surface area contributed by atoms with Crippen molar-refractivity contribution in [2.24, 2.45) is 0 Å². The Morgan fingerprint density at radius 1 is 0.545 bits per heavy atom. The molecule has 0 spiro atoms. The van der Waals surface area contributed by atoms with Crippen LogP contribution in [-0.2, 0) is 22.7 Å². The second-order valence-corrected chi connectivity index (χ2v) is 12.7. The highest BCUT2D eigenvalue weighted by Crippen LogP contribution is 2.15. The average molecular weight is 648 g/mol. The molecule has 0 aliphatic rings. The van der Waals surface area contributed by atoms with E-state index in [9.17, 15) is 9.59 Å². The fraction of sp³-hybridized carbons (Fsp3) is 0.611. The van der Waals surface area contributed by atoms with Gasteiger partial charge in [-0.1, -0.05) is 98.1 Å². The van der Waals surface area contributed by atoms with Gasteiger partial charge in [0, 0.05) is 63.2 Å². The fourth-order valence-electron chi connectivity index (χ4n) is 5.17. The van der Waals surface area contributed by atoms with Gasteiger partial charge in [0.05, 0.1) is 0 Å². The number of nitrogens with one attached hydrogen (secondary N) is 2. The first-order valence-corrected chi connectivity index (χ1v) is 17.5. The van der Waals surface area contributed by atoms with E-state index >= 15 is 0 Å². The summed E-state index contributed by atoms with van der Waals surface area (Å²) in [6.45, 7) is 5.12. The van der Waals surface area contributed by atoms with Gasteiger partial charge in [-0.25, -0.2) is 0 Å². The summed E-state index contributed by atoms with van der Waals surface area (Å²) in [5, 5.41) is 8.48. The second-order valence-electron chi connectivity index (χ2n) is 11.9. The lowest BCUT2D eigenvalue weighted by Gasteiger charge is -2.18. The summed E-state index contributed by atoms with van der Waals surface area (Å²) in [4.78, 5) is 28.6. The van der Waals surface area contributed by atoms with Crippen LogP contribution >= 0.6 is 23.2 Å². The maximum Gasteiger partial charge on any atom is 0.222 e. The van der Waals surface area contributed by atoms with Crippen LogP contribution in [0.5, 0.6) is 0 Å². The predicted octanol–water partition coefficient (Wildman–Crippen LogP) is 8.25. The molecule has 246 valence electrons. The maximum atomic E-state index is 12.4. The number of amides is 2. The molecular weight excluding hydrogens is 591 g/mol. The van der Waals surface area contributed by atoms with Gasteiger partial charge in [0.2, 0.25) is 11.8 Å². The zero-order valence-corrected chi connectivity index (χ0v) is 28.7. The topological polar surface area (TPSA) is 64.7 Å². The monoisotopic (exact) mass is 646 g/mol. The third-order valence-corrected chi connectivity index (χ3v) is 8.86. The third kappa shape index (κ3) is 17.4. The van der Waals surface area contributed by atoms with Gasteiger partial charge in [0.15, 0.2) is 0 Å². The van der Waals surface area contributed by atoms with E-state index in [0.717, 1.165) is 125 Å². The van der Waals surface area contributed by atoms with E-state index in [2.05, 4.69) is 10.6 Å². The zero-order chi connectivity index (χ0) is 31.8. The molecule has 0 aliphatic carbocycles. The highest BCUT2D eigenvalue weighted by Gasteiger charge is 2.09. The van der Waals surface area contributed by atoms with Crippen LogP contribution in [0.25, 0.3) is 0 Å². The molecule has 0 fully saturated rings. The molecule has 2 aromatic carbocycles. The van der Waals surface area contributed by atoms with E-state index in [1.54, 1.807) is 0 Å². The van der Waals surface area contributed by atoms with Crippen LogP contribution in [0.2, 0.25) is 10.0 Å². The zero-order valence-electron chi connectivity index (χ0n) is 27.2. The van der Waals surface area contributed by atoms with Gasteiger partial charge in [0.1, 0.15) is 0 Å². The van der Waals surface area contributed by atoms with Gasteiger partial charge in [0.25, 0.3) is 0 Å². The summed E-state index contributed by atoms with van der Waals surface area (Å²) in [7, 11) is 3.86. The molecule has 0 aliphatic heterocycles. The first-order valence-electron chi connectivity index (χ1n) is 16.7. The molecular formula is C36H56Cl2N4O2. The highest BCUT2D eigenvalue weighted by atomic mass is 35.5. The first kappa shape index (κ1) is 38.1. The van der Waals surface area contributed by atoms with Crippen LogP contribution in [-0.4, -0.2) is 61.9 Å². The average Bonchev–Trinajstić information content (AvgIpc) is 3.02. The van der Waals surface area contributed by atoms with E-state index in [-0.39, 0.29) is 11.8 Å². The summed E-state index contributed by atoms with van der Waals surface area (Å²) < 4.78 is 0. The number of rotatable bonds is 25. The van der Waals surface area contributed by atoms with Gasteiger partial charge >= 0.3 is 0 Å². The molecule has 2 amide bonds. The minimum atomic E-state index is 0.256. The smallest absolute Gasteiger partial charge is 0.222 e. The Labute approximate surface area is 277 Å². The molecule has 0 radical (unpaired) electrons. The Morgan fingerprint density at radius 2 is 0.909 bits per heavy atom.